The van der Waals surface area contributed by atoms with Crippen LogP contribution in [-0.4, -0.2) is 63.1 Å². The zero-order valence-electron chi connectivity index (χ0n) is 16.6. The number of hydrogen-bond donors (Lipinski definition) is 3. The predicted octanol–water partition coefficient (Wildman–Crippen LogP) is 2.47. The summed E-state index contributed by atoms with van der Waals surface area (Å²) < 4.78 is 7.19. The lowest BCUT2D eigenvalue weighted by atomic mass is 9.91. The molecule has 5 rings (SSSR count). The second kappa shape index (κ2) is 8.47. The topological polar surface area (TPSA) is 96.6 Å². The van der Waals surface area contributed by atoms with Gasteiger partial charge in [-0.2, -0.15) is 5.10 Å². The summed E-state index contributed by atoms with van der Waals surface area (Å²) in [5.41, 5.74) is 3.74. The molecular weight excluding hydrogens is 404 g/mol. The molecular formula is C21H25ClN6O2. The molecule has 2 fully saturated rings. The number of pyridine rings is 1. The van der Waals surface area contributed by atoms with Gasteiger partial charge in [-0.15, -0.1) is 0 Å². The van der Waals surface area contributed by atoms with Gasteiger partial charge in [0.05, 0.1) is 47.4 Å². The average Bonchev–Trinajstić information content (AvgIpc) is 3.20. The molecule has 0 aliphatic carbocycles. The van der Waals surface area contributed by atoms with E-state index in [1.807, 2.05) is 4.52 Å². The predicted molar refractivity (Wildman–Crippen MR) is 115 cm³/mol. The van der Waals surface area contributed by atoms with Gasteiger partial charge in [-0.3, -0.25) is 0 Å². The largest absolute Gasteiger partial charge is 0.389 e. The Balaban J connectivity index is 1.44. The van der Waals surface area contributed by atoms with Crippen LogP contribution in [0.15, 0.2) is 30.7 Å². The number of halogens is 1. The fourth-order valence-corrected chi connectivity index (χ4v) is 4.45. The molecule has 8 nitrogen and oxygen atoms in total. The minimum Gasteiger partial charge on any atom is -0.389 e. The molecule has 2 aliphatic heterocycles. The van der Waals surface area contributed by atoms with Gasteiger partial charge in [-0.25, -0.2) is 14.5 Å². The minimum absolute atomic E-state index is 0.149. The van der Waals surface area contributed by atoms with Crippen molar-refractivity contribution in [1.82, 2.24) is 24.9 Å². The van der Waals surface area contributed by atoms with Crippen LogP contribution in [0.4, 0.5) is 5.95 Å². The van der Waals surface area contributed by atoms with Gasteiger partial charge >= 0.3 is 0 Å². The van der Waals surface area contributed by atoms with Gasteiger partial charge in [0.2, 0.25) is 5.95 Å². The molecule has 0 spiro atoms. The van der Waals surface area contributed by atoms with Crippen LogP contribution in [0.1, 0.15) is 30.7 Å². The molecule has 158 valence electrons. The average molecular weight is 429 g/mol. The third-order valence-corrected chi connectivity index (χ3v) is 6.27. The molecule has 0 amide bonds. The first kappa shape index (κ1) is 19.7. The quantitative estimate of drug-likeness (QED) is 0.587. The van der Waals surface area contributed by atoms with Crippen molar-refractivity contribution in [1.29, 1.82) is 0 Å². The van der Waals surface area contributed by atoms with Crippen molar-refractivity contribution in [2.24, 2.45) is 0 Å². The smallest absolute Gasteiger partial charge is 0.223 e. The maximum atomic E-state index is 10.1. The fraction of sp³-hybridized carbons (Fsp3) is 0.476. The van der Waals surface area contributed by atoms with Crippen LogP contribution in [0, 0.1) is 0 Å². The van der Waals surface area contributed by atoms with E-state index in [0.717, 1.165) is 37.0 Å². The van der Waals surface area contributed by atoms with E-state index in [1.54, 1.807) is 12.4 Å². The van der Waals surface area contributed by atoms with E-state index >= 15 is 0 Å². The molecule has 30 heavy (non-hydrogen) atoms. The van der Waals surface area contributed by atoms with Crippen LogP contribution in [0.5, 0.6) is 0 Å². The fourth-order valence-electron chi connectivity index (χ4n) is 4.26. The van der Waals surface area contributed by atoms with E-state index in [4.69, 9.17) is 16.3 Å². The molecule has 0 saturated carbocycles. The van der Waals surface area contributed by atoms with Crippen LogP contribution in [0.3, 0.4) is 0 Å². The van der Waals surface area contributed by atoms with E-state index in [-0.39, 0.29) is 6.04 Å². The highest BCUT2D eigenvalue weighted by atomic mass is 35.5. The molecule has 3 aromatic heterocycles. The summed E-state index contributed by atoms with van der Waals surface area (Å²) in [6.45, 7) is 3.02. The highest BCUT2D eigenvalue weighted by molar-refractivity contribution is 6.33. The highest BCUT2D eigenvalue weighted by Crippen LogP contribution is 2.32. The van der Waals surface area contributed by atoms with Gasteiger partial charge in [-0.05, 0) is 49.9 Å². The van der Waals surface area contributed by atoms with Gasteiger partial charge in [0.15, 0.2) is 0 Å². The Morgan fingerprint density at radius 3 is 2.90 bits per heavy atom. The summed E-state index contributed by atoms with van der Waals surface area (Å²) in [5.74, 6) is 0.999. The number of aliphatic hydroxyl groups excluding tert-OH is 1. The highest BCUT2D eigenvalue weighted by Gasteiger charge is 2.25. The van der Waals surface area contributed by atoms with Crippen molar-refractivity contribution in [2.75, 3.05) is 31.6 Å². The van der Waals surface area contributed by atoms with Crippen LogP contribution in [0.2, 0.25) is 5.02 Å². The van der Waals surface area contributed by atoms with Crippen molar-refractivity contribution < 1.29 is 9.84 Å². The molecule has 9 heteroatoms. The minimum atomic E-state index is -0.591. The lowest BCUT2D eigenvalue weighted by Crippen LogP contribution is -2.42. The molecule has 0 aromatic carbocycles. The van der Waals surface area contributed by atoms with E-state index in [0.29, 0.717) is 42.2 Å². The zero-order chi connectivity index (χ0) is 20.5. The molecule has 0 radical (unpaired) electrons. The zero-order valence-corrected chi connectivity index (χ0v) is 17.3. The van der Waals surface area contributed by atoms with Gasteiger partial charge in [0, 0.05) is 18.4 Å². The SMILES string of the molecule is O[C@@H]1COCC[C@H]1Nc1ncc(Cl)c(-c2cnn3cc(C4CCNCC4)ccc23)n1. The monoisotopic (exact) mass is 428 g/mol. The van der Waals surface area contributed by atoms with E-state index in [1.165, 1.54) is 5.56 Å². The molecule has 2 saturated heterocycles. The maximum Gasteiger partial charge on any atom is 0.223 e. The number of aliphatic hydroxyl groups is 1. The molecule has 2 aliphatic rings. The Labute approximate surface area is 179 Å². The van der Waals surface area contributed by atoms with Gasteiger partial charge in [0.25, 0.3) is 0 Å². The third kappa shape index (κ3) is 3.88. The number of nitrogens with zero attached hydrogens (tertiary/aromatic N) is 4. The second-order valence-corrected chi connectivity index (χ2v) is 8.35. The summed E-state index contributed by atoms with van der Waals surface area (Å²) in [6.07, 6.45) is 7.88. The standard InChI is InChI=1S/C21H25ClN6O2/c22-16-10-24-21(26-17-5-8-30-12-19(17)29)27-20(16)15-9-25-28-11-14(1-2-18(15)28)13-3-6-23-7-4-13/h1-2,9-11,13,17,19,23,29H,3-8,12H2,(H,24,26,27)/t17-,19-/m1/s1. The summed E-state index contributed by atoms with van der Waals surface area (Å²) >= 11 is 6.45. The molecule has 2 atom stereocenters. The number of fused-ring (bicyclic) bond motifs is 1. The number of nitrogens with one attached hydrogen (secondary N) is 2. The molecule has 5 heterocycles. The maximum absolute atomic E-state index is 10.1. The summed E-state index contributed by atoms with van der Waals surface area (Å²) in [6, 6.07) is 4.13. The third-order valence-electron chi connectivity index (χ3n) is 5.99. The number of ether oxygens (including phenoxy) is 1. The van der Waals surface area contributed by atoms with E-state index in [2.05, 4.69) is 44.0 Å². The van der Waals surface area contributed by atoms with Gasteiger partial charge < -0.3 is 20.5 Å². The van der Waals surface area contributed by atoms with Gasteiger partial charge in [0.1, 0.15) is 0 Å². The lowest BCUT2D eigenvalue weighted by molar-refractivity contribution is -0.0136. The first-order valence-corrected chi connectivity index (χ1v) is 10.8. The van der Waals surface area contributed by atoms with Crippen LogP contribution >= 0.6 is 11.6 Å². The number of hydrogen-bond acceptors (Lipinski definition) is 7. The second-order valence-electron chi connectivity index (χ2n) is 7.95. The number of aromatic nitrogens is 4. The number of piperidine rings is 1. The Hall–Kier alpha value is -2.26. The van der Waals surface area contributed by atoms with Crippen molar-refractivity contribution in [2.45, 2.75) is 37.3 Å². The van der Waals surface area contributed by atoms with Gasteiger partial charge in [-0.1, -0.05) is 17.7 Å². The molecule has 0 bridgehead atoms. The summed E-state index contributed by atoms with van der Waals surface area (Å²) in [5, 5.41) is 21.8. The summed E-state index contributed by atoms with van der Waals surface area (Å²) in [7, 11) is 0. The Kier molecular flexibility index (Phi) is 5.56. The van der Waals surface area contributed by atoms with Crippen LogP contribution < -0.4 is 10.6 Å². The van der Waals surface area contributed by atoms with E-state index in [9.17, 15) is 5.11 Å². The normalized spacial score (nSPS) is 23.0. The lowest BCUT2D eigenvalue weighted by Gasteiger charge is -2.28. The summed E-state index contributed by atoms with van der Waals surface area (Å²) in [4.78, 5) is 8.93. The van der Waals surface area contributed by atoms with Crippen molar-refractivity contribution in [3.05, 3.63) is 41.3 Å². The molecule has 0 unspecified atom stereocenters. The Morgan fingerprint density at radius 2 is 2.07 bits per heavy atom. The van der Waals surface area contributed by atoms with Crippen molar-refractivity contribution in [3.63, 3.8) is 0 Å². The number of anilines is 1. The Bertz CT molecular complexity index is 1040. The number of rotatable bonds is 4. The van der Waals surface area contributed by atoms with Crippen molar-refractivity contribution in [3.8, 4) is 11.3 Å². The first-order chi connectivity index (χ1) is 14.7. The van der Waals surface area contributed by atoms with Crippen LogP contribution in [0.25, 0.3) is 16.8 Å². The first-order valence-electron chi connectivity index (χ1n) is 10.4. The van der Waals surface area contributed by atoms with Crippen LogP contribution in [-0.2, 0) is 4.74 Å². The van der Waals surface area contributed by atoms with E-state index < -0.39 is 6.10 Å². The van der Waals surface area contributed by atoms with Crippen molar-refractivity contribution >= 4 is 23.1 Å². The Morgan fingerprint density at radius 1 is 1.20 bits per heavy atom. The molecule has 3 N–H and O–H groups in total. The molecule has 3 aromatic rings.